The zero-order chi connectivity index (χ0) is 4.12. The molecule has 0 spiro atoms. The summed E-state index contributed by atoms with van der Waals surface area (Å²) in [5.74, 6) is 0. The second-order valence-electron chi connectivity index (χ2n) is 0.151. The molecule has 0 saturated heterocycles. The van der Waals surface area contributed by atoms with Crippen molar-refractivity contribution in [2.75, 3.05) is 0 Å². The third-order valence-electron chi connectivity index (χ3n) is 0.0309. The van der Waals surface area contributed by atoms with Crippen LogP contribution in [0.5, 0.6) is 0 Å². The van der Waals surface area contributed by atoms with E-state index < -0.39 is 0 Å². The molecule has 0 radical (unpaired) electrons. The summed E-state index contributed by atoms with van der Waals surface area (Å²) in [5, 5.41) is 0. The molecule has 0 atom stereocenters. The highest BCUT2D eigenvalue weighted by molar-refractivity contribution is 7.95. The van der Waals surface area contributed by atoms with Gasteiger partial charge >= 0.3 is 0 Å². The molecule has 4 heteroatoms. The molecule has 1 nitrogen and oxygen atoms in total. The fourth-order valence-electron chi connectivity index (χ4n) is 0. The lowest BCUT2D eigenvalue weighted by Gasteiger charge is -1.33. The molecule has 0 aliphatic rings. The van der Waals surface area contributed by atoms with Crippen molar-refractivity contribution in [1.82, 2.24) is 0 Å². The summed E-state index contributed by atoms with van der Waals surface area (Å²) < 4.78 is 18.7. The highest BCUT2D eigenvalue weighted by Crippen LogP contribution is 1.59. The Morgan fingerprint density at radius 1 is 2.50 bits per heavy atom. The monoisotopic (exact) mass is 99.0 g/mol. The van der Waals surface area contributed by atoms with Gasteiger partial charge in [-0.05, 0) is 12.5 Å². The van der Waals surface area contributed by atoms with Crippen LogP contribution in [0.1, 0.15) is 0 Å². The van der Waals surface area contributed by atoms with Crippen LogP contribution in [0.25, 0.3) is 0 Å². The van der Waals surface area contributed by atoms with E-state index in [2.05, 4.69) is 4.58 Å². The summed E-state index contributed by atoms with van der Waals surface area (Å²) >= 11 is 0. The Bertz CT molecular complexity index is 60.0. The number of hydrogen-bond donors (Lipinski definition) is 0. The highest BCUT2D eigenvalue weighted by Gasteiger charge is 1.28. The molecule has 0 heterocycles. The van der Waals surface area contributed by atoms with Gasteiger partial charge in [-0.25, -0.2) is 0 Å². The summed E-state index contributed by atoms with van der Waals surface area (Å²) in [5.41, 5.74) is 0. The van der Waals surface area contributed by atoms with Crippen molar-refractivity contribution in [3.63, 3.8) is 0 Å². The molecule has 0 aromatic carbocycles. The molecule has 0 aromatic heterocycles. The molecular weight excluding hydrogens is 96.0 g/mol. The predicted octanol–water partition coefficient (Wildman–Crippen LogP) is 1.19. The Morgan fingerprint density at radius 3 is 3.25 bits per heavy atom. The Hall–Kier alpha value is 0.250. The van der Waals surface area contributed by atoms with E-state index in [1.54, 1.807) is 0 Å². The quantitative estimate of drug-likeness (QED) is 0.404. The fraction of sp³-hybridized carbons (Fsp3) is 0. The van der Waals surface area contributed by atoms with Gasteiger partial charge in [0.25, 0.3) is 0 Å². The van der Waals surface area contributed by atoms with Crippen molar-refractivity contribution in [3.05, 3.63) is 0 Å². The number of nitrogens with zero attached hydrogens (tertiary/aromatic N) is 1. The van der Waals surface area contributed by atoms with E-state index in [1.807, 2.05) is 0 Å². The van der Waals surface area contributed by atoms with E-state index in [0.29, 0.717) is 10.7 Å². The Kier molecular flexibility index (Phi) is 2.02. The van der Waals surface area contributed by atoms with Crippen molar-refractivity contribution in [1.29, 1.82) is 1.28 Å². The van der Waals surface area contributed by atoms with Crippen LogP contribution in [0, 0.1) is 0 Å². The predicted molar refractivity (Wildman–Crippen MR) is 19.2 cm³/mol. The highest BCUT2D eigenvalue weighted by atomic mass is 32.4. The Labute approximate surface area is 30.0 Å². The van der Waals surface area contributed by atoms with E-state index >= 15 is 0 Å². The largest absolute Gasteiger partial charge is 0.106 e. The summed E-state index contributed by atoms with van der Waals surface area (Å²) in [6.45, 7) is 0. The van der Waals surface area contributed by atoms with Crippen molar-refractivity contribution in [3.8, 4) is 0 Å². The Morgan fingerprint density at radius 2 is 3.25 bits per heavy atom. The first kappa shape index (κ1) is 2.49. The number of halogens is 1. The molecule has 0 aliphatic carbocycles. The van der Waals surface area contributed by atoms with Crippen molar-refractivity contribution in [2.24, 2.45) is 4.58 Å². The third kappa shape index (κ3) is 2.25. The summed E-state index contributed by atoms with van der Waals surface area (Å²) in [4.78, 5) is 0. The van der Waals surface area contributed by atoms with E-state index in [9.17, 15) is 4.48 Å². The van der Waals surface area contributed by atoms with Gasteiger partial charge in [-0.1, -0.05) is 4.48 Å². The van der Waals surface area contributed by atoms with Crippen LogP contribution >= 0.6 is 7.96 Å². The lowest BCUT2D eigenvalue weighted by atomic mass is 13.8. The zero-order valence-electron chi connectivity index (χ0n) is 2.68. The van der Waals surface area contributed by atoms with Gasteiger partial charge in [-0.3, -0.25) is 0 Å². The lowest BCUT2D eigenvalue weighted by Crippen LogP contribution is -1.08. The van der Waals surface area contributed by atoms with Crippen LogP contribution in [0.4, 0.5) is 4.48 Å². The third-order valence-corrected chi connectivity index (χ3v) is 0.278. The van der Waals surface area contributed by atoms with Gasteiger partial charge in [0.1, 0.15) is 1.28 Å². The van der Waals surface area contributed by atoms with Gasteiger partial charge in [0, 0.05) is 10.7 Å². The first-order valence-corrected chi connectivity index (χ1v) is 2.36. The standard InChI is InChI=1S/FHNPS/c1-2-4-3/h3H/i3T. The molecule has 0 fully saturated rings. The molecular formula is HFNPS. The minimum absolute atomic E-state index is 0.155. The van der Waals surface area contributed by atoms with E-state index in [1.165, 1.54) is 0 Å². The van der Waals surface area contributed by atoms with E-state index in [4.69, 9.17) is 1.28 Å². The molecule has 4 heavy (non-hydrogen) atoms. The summed E-state index contributed by atoms with van der Waals surface area (Å²) in [6, 6.07) is 0. The smallest absolute Gasteiger partial charge is 0.0626 e. The average Bonchev–Trinajstić information content (AvgIpc) is 1.41. The SMILES string of the molecule is [3H]P=S=NF. The van der Waals surface area contributed by atoms with Crippen LogP contribution in [0.15, 0.2) is 4.58 Å². The molecule has 0 bridgehead atoms. The normalized spacial score (nSPS) is 9.75. The Balaban J connectivity index is 3.26. The van der Waals surface area contributed by atoms with E-state index in [0.717, 1.165) is 0 Å². The van der Waals surface area contributed by atoms with Crippen molar-refractivity contribution in [2.45, 2.75) is 0 Å². The molecule has 0 unspecified atom stereocenters. The molecule has 0 N–H and O–H groups in total. The van der Waals surface area contributed by atoms with Gasteiger partial charge in [0.2, 0.25) is 0 Å². The van der Waals surface area contributed by atoms with Crippen LogP contribution in [0.2, 0.25) is 0 Å². The van der Waals surface area contributed by atoms with Crippen LogP contribution in [-0.4, -0.2) is 1.28 Å². The fourth-order valence-corrected chi connectivity index (χ4v) is 0. The van der Waals surface area contributed by atoms with Gasteiger partial charge in [-0.2, -0.15) is 0 Å². The number of hydrogen-bond acceptors (Lipinski definition) is 1. The first-order chi connectivity index (χ1) is 2.41. The molecule has 0 aromatic rings. The van der Waals surface area contributed by atoms with Crippen molar-refractivity contribution < 1.29 is 4.48 Å². The minimum atomic E-state index is 0.155. The molecule has 0 amide bonds. The summed E-state index contributed by atoms with van der Waals surface area (Å²) in [7, 11) is 0.715. The molecule has 24 valence electrons. The molecule has 0 saturated carbocycles. The first-order valence-electron chi connectivity index (χ1n) is 0.981. The van der Waals surface area contributed by atoms with Gasteiger partial charge in [-0.15, -0.1) is 0 Å². The topological polar surface area (TPSA) is 12.4 Å². The van der Waals surface area contributed by atoms with Gasteiger partial charge in [0.15, 0.2) is 0 Å². The maximum Gasteiger partial charge on any atom is 0.106 e. The van der Waals surface area contributed by atoms with Gasteiger partial charge < -0.3 is 0 Å². The molecule has 0 aliphatic heterocycles. The maximum atomic E-state index is 10.5. The summed E-state index contributed by atoms with van der Waals surface area (Å²) in [6.07, 6.45) is 0. The van der Waals surface area contributed by atoms with Crippen LogP contribution < -0.4 is 0 Å². The second-order valence-corrected chi connectivity index (χ2v) is 0.942. The van der Waals surface area contributed by atoms with E-state index in [-0.39, 0.29) is 7.96 Å². The minimum Gasteiger partial charge on any atom is -0.0626 e. The average molecular weight is 99.1 g/mol. The lowest BCUT2D eigenvalue weighted by molar-refractivity contribution is 0.553. The van der Waals surface area contributed by atoms with Crippen LogP contribution in [-0.2, 0) is 10.7 Å². The molecule has 0 rings (SSSR count). The number of rotatable bonds is 0. The second kappa shape index (κ2) is 3.25. The van der Waals surface area contributed by atoms with Gasteiger partial charge in [0.05, 0.1) is 0 Å². The van der Waals surface area contributed by atoms with Crippen LogP contribution in [0.3, 0.4) is 0 Å². The maximum absolute atomic E-state index is 10.5. The van der Waals surface area contributed by atoms with Crippen molar-refractivity contribution >= 4 is 18.7 Å². The zero-order valence-corrected chi connectivity index (χ0v) is 3.39.